The van der Waals surface area contributed by atoms with Gasteiger partial charge in [0, 0.05) is 11.8 Å². The molecule has 2 aromatic carbocycles. The van der Waals surface area contributed by atoms with Gasteiger partial charge in [-0.2, -0.15) is 18.2 Å². The molecule has 0 amide bonds. The molecule has 0 N–H and O–H groups in total. The van der Waals surface area contributed by atoms with E-state index in [4.69, 9.17) is 4.74 Å². The average Bonchev–Trinajstić information content (AvgIpc) is 2.51. The molecule has 0 aliphatic heterocycles. The molecule has 0 aliphatic rings. The van der Waals surface area contributed by atoms with E-state index in [2.05, 4.69) is 18.0 Å². The van der Waals surface area contributed by atoms with Gasteiger partial charge in [0.15, 0.2) is 0 Å². The van der Waals surface area contributed by atoms with Crippen molar-refractivity contribution in [2.45, 2.75) is 6.54 Å². The van der Waals surface area contributed by atoms with Crippen molar-refractivity contribution in [3.05, 3.63) is 66.2 Å². The van der Waals surface area contributed by atoms with Crippen LogP contribution < -0.4 is 23.6 Å². The number of hydrogen-bond acceptors (Lipinski definition) is 3. The molecule has 0 aliphatic carbocycles. The van der Waals surface area contributed by atoms with E-state index in [0.29, 0.717) is 5.75 Å². The molecule has 0 saturated heterocycles. The molecule has 0 bridgehead atoms. The van der Waals surface area contributed by atoms with Crippen molar-refractivity contribution in [1.82, 2.24) is 4.31 Å². The van der Waals surface area contributed by atoms with E-state index in [9.17, 15) is 8.42 Å². The summed E-state index contributed by atoms with van der Waals surface area (Å²) in [6, 6.07) is 22.0. The van der Waals surface area contributed by atoms with Gasteiger partial charge in [-0.3, -0.25) is 0 Å². The number of ether oxygens (including phenoxy) is 1. The first kappa shape index (κ1) is 19.2. The molecule has 0 atom stereocenters. The first-order valence-electron chi connectivity index (χ1n) is 6.65. The Kier molecular flexibility index (Phi) is 7.78. The number of nitrogens with zero attached hydrogens (tertiary/aromatic N) is 1. The van der Waals surface area contributed by atoms with Crippen LogP contribution in [-0.4, -0.2) is 25.6 Å². The molecule has 114 valence electrons. The van der Waals surface area contributed by atoms with Crippen molar-refractivity contribution < 1.29 is 32.0 Å². The van der Waals surface area contributed by atoms with Gasteiger partial charge in [0.1, 0.15) is 6.61 Å². The molecule has 2 rings (SSSR count). The van der Waals surface area contributed by atoms with Crippen LogP contribution in [0.4, 0.5) is 0 Å². The Morgan fingerprint density at radius 3 is 2.43 bits per heavy atom. The minimum atomic E-state index is -3.41. The molecule has 4 nitrogen and oxygen atoms in total. The maximum Gasteiger partial charge on any atom is 1.00 e. The summed E-state index contributed by atoms with van der Waals surface area (Å²) >= 11 is 0. The van der Waals surface area contributed by atoms with Gasteiger partial charge in [-0.1, -0.05) is 30.3 Å². The number of rotatable bonds is 5. The van der Waals surface area contributed by atoms with E-state index in [-0.39, 0.29) is 32.0 Å². The van der Waals surface area contributed by atoms with Gasteiger partial charge in [-0.15, -0.1) is 12.1 Å². The fourth-order valence-electron chi connectivity index (χ4n) is 1.69. The molecule has 0 radical (unpaired) electrons. The van der Waals surface area contributed by atoms with Crippen molar-refractivity contribution in [3.63, 3.8) is 0 Å². The second-order valence-electron chi connectivity index (χ2n) is 4.56. The van der Waals surface area contributed by atoms with E-state index in [1.165, 1.54) is 0 Å². The molecular weight excluding hydrogens is 305 g/mol. The van der Waals surface area contributed by atoms with E-state index in [1.807, 2.05) is 42.5 Å². The van der Waals surface area contributed by atoms with Crippen molar-refractivity contribution >= 4 is 10.0 Å². The number of sulfonamides is 1. The van der Waals surface area contributed by atoms with Crippen LogP contribution in [0.2, 0.25) is 0 Å². The third-order valence-corrected chi connectivity index (χ3v) is 3.77. The molecule has 0 spiro atoms. The second kappa shape index (κ2) is 9.32. The van der Waals surface area contributed by atoms with Crippen LogP contribution >= 0.6 is 0 Å². The molecule has 6 heteroatoms. The van der Waals surface area contributed by atoms with Gasteiger partial charge in [0.2, 0.25) is 10.0 Å². The van der Waals surface area contributed by atoms with Crippen molar-refractivity contribution in [3.8, 4) is 17.7 Å². The summed E-state index contributed by atoms with van der Waals surface area (Å²) in [5.74, 6) is 3.29. The van der Waals surface area contributed by atoms with Crippen LogP contribution in [0, 0.1) is 18.0 Å². The largest absolute Gasteiger partial charge is 1.00 e. The van der Waals surface area contributed by atoms with Crippen LogP contribution in [0.15, 0.2) is 54.6 Å². The van der Waals surface area contributed by atoms with Gasteiger partial charge >= 0.3 is 18.9 Å². The SMILES string of the molecule is CS(=O)(=O)N(C#CCOc1[c-]cccc1)Cc1ccccc1.[Li+]. The molecule has 0 fully saturated rings. The maximum absolute atomic E-state index is 11.8. The van der Waals surface area contributed by atoms with E-state index in [1.54, 1.807) is 12.1 Å². The smallest absolute Gasteiger partial charge is 0.507 e. The van der Waals surface area contributed by atoms with Crippen LogP contribution in [0.1, 0.15) is 5.56 Å². The zero-order chi connectivity index (χ0) is 15.8. The Bertz CT molecular complexity index is 753. The summed E-state index contributed by atoms with van der Waals surface area (Å²) in [4.78, 5) is 0. The first-order valence-corrected chi connectivity index (χ1v) is 8.50. The fourth-order valence-corrected chi connectivity index (χ4v) is 2.30. The first-order chi connectivity index (χ1) is 10.6. The summed E-state index contributed by atoms with van der Waals surface area (Å²) < 4.78 is 30.0. The Morgan fingerprint density at radius 1 is 1.13 bits per heavy atom. The molecule has 23 heavy (non-hydrogen) atoms. The Morgan fingerprint density at radius 2 is 1.83 bits per heavy atom. The van der Waals surface area contributed by atoms with E-state index < -0.39 is 10.0 Å². The molecule has 0 aromatic heterocycles. The minimum Gasteiger partial charge on any atom is -0.507 e. The maximum atomic E-state index is 11.8. The van der Waals surface area contributed by atoms with E-state index in [0.717, 1.165) is 16.1 Å². The predicted molar refractivity (Wildman–Crippen MR) is 85.4 cm³/mol. The number of hydrogen-bond donors (Lipinski definition) is 0. The molecule has 0 saturated carbocycles. The Balaban J connectivity index is 0.00000264. The summed E-state index contributed by atoms with van der Waals surface area (Å²) in [5, 5.41) is 0. The Hall–Kier alpha value is -1.85. The predicted octanol–water partition coefficient (Wildman–Crippen LogP) is -0.708. The molecular formula is C17H16LiNO3S. The van der Waals surface area contributed by atoms with Gasteiger partial charge in [0.25, 0.3) is 0 Å². The van der Waals surface area contributed by atoms with Crippen LogP contribution in [0.25, 0.3) is 0 Å². The zero-order valence-electron chi connectivity index (χ0n) is 13.2. The Labute approximate surface area is 149 Å². The topological polar surface area (TPSA) is 46.6 Å². The van der Waals surface area contributed by atoms with E-state index >= 15 is 0 Å². The third-order valence-electron chi connectivity index (χ3n) is 2.75. The van der Waals surface area contributed by atoms with Gasteiger partial charge in [-0.25, -0.2) is 12.7 Å². The molecule has 0 unspecified atom stereocenters. The van der Waals surface area contributed by atoms with Crippen molar-refractivity contribution in [1.29, 1.82) is 0 Å². The normalized spacial score (nSPS) is 9.96. The molecule has 0 heterocycles. The van der Waals surface area contributed by atoms with Crippen molar-refractivity contribution in [2.75, 3.05) is 12.9 Å². The number of para-hydroxylation sites is 1. The minimum absolute atomic E-state index is 0. The zero-order valence-corrected chi connectivity index (χ0v) is 14.0. The van der Waals surface area contributed by atoms with Crippen LogP contribution in [0.3, 0.4) is 0 Å². The standard InChI is InChI=1S/C17H16NO3S.Li/c1-22(19,20)18(15-16-9-4-2-5-10-16)13-8-14-21-17-11-6-3-7-12-17;/h2-7,9-11H,14-15H2,1H3;/q-1;+1. The summed E-state index contributed by atoms with van der Waals surface area (Å²) in [6.45, 7) is 0.311. The van der Waals surface area contributed by atoms with Gasteiger partial charge in [0.05, 0.1) is 12.8 Å². The van der Waals surface area contributed by atoms with Gasteiger partial charge in [-0.05, 0) is 11.5 Å². The van der Waals surface area contributed by atoms with Crippen molar-refractivity contribution in [2.24, 2.45) is 0 Å². The molecule has 2 aromatic rings. The van der Waals surface area contributed by atoms with Crippen LogP contribution in [0.5, 0.6) is 5.75 Å². The fraction of sp³-hybridized carbons (Fsp3) is 0.176. The average molecular weight is 321 g/mol. The summed E-state index contributed by atoms with van der Waals surface area (Å²) in [5.41, 5.74) is 0.875. The second-order valence-corrected chi connectivity index (χ2v) is 6.47. The summed E-state index contributed by atoms with van der Waals surface area (Å²) in [7, 11) is -3.41. The monoisotopic (exact) mass is 321 g/mol. The third kappa shape index (κ3) is 6.84. The quantitative estimate of drug-likeness (QED) is 0.316. The number of benzene rings is 2. The van der Waals surface area contributed by atoms with Gasteiger partial charge < -0.3 is 4.74 Å². The summed E-state index contributed by atoms with van der Waals surface area (Å²) in [6.07, 6.45) is 1.14. The van der Waals surface area contributed by atoms with Crippen LogP contribution in [-0.2, 0) is 16.6 Å².